The molecule has 1 atom stereocenters. The van der Waals surface area contributed by atoms with Gasteiger partial charge < -0.3 is 10.2 Å². The summed E-state index contributed by atoms with van der Waals surface area (Å²) < 4.78 is 27.6. The summed E-state index contributed by atoms with van der Waals surface area (Å²) in [7, 11) is -3.84. The Morgan fingerprint density at radius 3 is 2.50 bits per heavy atom. The molecule has 0 aromatic heterocycles. The highest BCUT2D eigenvalue weighted by molar-refractivity contribution is 7.89. The Hall–Kier alpha value is -2.71. The van der Waals surface area contributed by atoms with Gasteiger partial charge in [0.2, 0.25) is 21.8 Å². The number of hydrogen-bond acceptors (Lipinski definition) is 4. The Morgan fingerprint density at radius 1 is 1.13 bits per heavy atom. The molecule has 0 aliphatic carbocycles. The summed E-state index contributed by atoms with van der Waals surface area (Å²) >= 11 is 0. The quantitative estimate of drug-likeness (QED) is 0.706. The van der Waals surface area contributed by atoms with Gasteiger partial charge in [0, 0.05) is 24.7 Å². The number of carbonyl (C=O) groups is 2. The number of nitrogens with zero attached hydrogens (tertiary/aromatic N) is 1. The minimum absolute atomic E-state index is 0.00841. The number of aryl methyl sites for hydroxylation is 1. The van der Waals surface area contributed by atoms with E-state index in [9.17, 15) is 18.0 Å². The third-order valence-electron chi connectivity index (χ3n) is 5.18. The van der Waals surface area contributed by atoms with Crippen molar-refractivity contribution >= 4 is 27.5 Å². The summed E-state index contributed by atoms with van der Waals surface area (Å²) in [5.74, 6) is -0.395. The summed E-state index contributed by atoms with van der Waals surface area (Å²) in [6, 6.07) is 12.4. The lowest BCUT2D eigenvalue weighted by Gasteiger charge is -2.22. The average molecular weight is 430 g/mol. The van der Waals surface area contributed by atoms with Crippen molar-refractivity contribution in [3.8, 4) is 0 Å². The molecule has 1 aliphatic rings. The van der Waals surface area contributed by atoms with Gasteiger partial charge in [-0.05, 0) is 49.6 Å². The Kier molecular flexibility index (Phi) is 6.58. The first-order valence-electron chi connectivity index (χ1n) is 9.98. The van der Waals surface area contributed by atoms with Crippen LogP contribution in [-0.2, 0) is 32.6 Å². The topological polar surface area (TPSA) is 95.6 Å². The molecule has 0 spiro atoms. The third-order valence-corrected chi connectivity index (χ3v) is 6.58. The van der Waals surface area contributed by atoms with Gasteiger partial charge in [-0.1, -0.05) is 36.8 Å². The highest BCUT2D eigenvalue weighted by atomic mass is 32.2. The lowest BCUT2D eigenvalue weighted by Crippen LogP contribution is -2.36. The molecule has 1 aliphatic heterocycles. The number of sulfonamides is 1. The van der Waals surface area contributed by atoms with Crippen molar-refractivity contribution in [3.63, 3.8) is 0 Å². The first kappa shape index (κ1) is 22.0. The van der Waals surface area contributed by atoms with Crippen LogP contribution < -0.4 is 14.9 Å². The molecule has 2 aromatic rings. The molecule has 30 heavy (non-hydrogen) atoms. The molecule has 0 fully saturated rings. The zero-order valence-corrected chi connectivity index (χ0v) is 18.3. The van der Waals surface area contributed by atoms with Crippen molar-refractivity contribution < 1.29 is 18.0 Å². The zero-order chi connectivity index (χ0) is 21.9. The van der Waals surface area contributed by atoms with Gasteiger partial charge in [0.15, 0.2) is 0 Å². The Balaban J connectivity index is 1.62. The van der Waals surface area contributed by atoms with E-state index < -0.39 is 15.9 Å². The summed E-state index contributed by atoms with van der Waals surface area (Å²) in [4.78, 5) is 26.0. The van der Waals surface area contributed by atoms with Crippen molar-refractivity contribution in [2.24, 2.45) is 0 Å². The lowest BCUT2D eigenvalue weighted by molar-refractivity contribution is -0.120. The van der Waals surface area contributed by atoms with E-state index in [1.54, 1.807) is 24.0 Å². The standard InChI is InChI=1S/C22H27N3O4S/c1-4-22(27)25-16(3)11-18-12-19(9-10-20(18)25)30(28,29)24-14-21(26)23-13-17-7-5-15(2)6-8-17/h5-10,12,16,24H,4,11,13-14H2,1-3H3,(H,23,26). The molecule has 2 aromatic carbocycles. The predicted octanol–water partition coefficient (Wildman–Crippen LogP) is 2.28. The first-order chi connectivity index (χ1) is 14.2. The molecule has 0 radical (unpaired) electrons. The van der Waals surface area contributed by atoms with Gasteiger partial charge in [-0.15, -0.1) is 0 Å². The Bertz CT molecular complexity index is 1050. The number of amides is 2. The summed E-state index contributed by atoms with van der Waals surface area (Å²) in [6.45, 7) is 5.72. The SMILES string of the molecule is CCC(=O)N1c2ccc(S(=O)(=O)NCC(=O)NCc3ccc(C)cc3)cc2CC1C. The molecular weight excluding hydrogens is 402 g/mol. The average Bonchev–Trinajstić information content (AvgIpc) is 3.06. The van der Waals surface area contributed by atoms with Crippen molar-refractivity contribution in [1.29, 1.82) is 0 Å². The van der Waals surface area contributed by atoms with Crippen LogP contribution in [0.2, 0.25) is 0 Å². The van der Waals surface area contributed by atoms with E-state index in [-0.39, 0.29) is 23.4 Å². The van der Waals surface area contributed by atoms with Crippen LogP contribution in [0.25, 0.3) is 0 Å². The minimum atomic E-state index is -3.84. The van der Waals surface area contributed by atoms with E-state index in [4.69, 9.17) is 0 Å². The van der Waals surface area contributed by atoms with Crippen molar-refractivity contribution in [1.82, 2.24) is 10.0 Å². The van der Waals surface area contributed by atoms with Crippen molar-refractivity contribution in [2.75, 3.05) is 11.4 Å². The number of benzene rings is 2. The van der Waals surface area contributed by atoms with Crippen LogP contribution in [0.15, 0.2) is 47.4 Å². The second kappa shape index (κ2) is 8.97. The van der Waals surface area contributed by atoms with Gasteiger partial charge in [-0.2, -0.15) is 0 Å². The van der Waals surface area contributed by atoms with Crippen LogP contribution in [0.3, 0.4) is 0 Å². The third kappa shape index (κ3) is 4.88. The van der Waals surface area contributed by atoms with Gasteiger partial charge in [0.25, 0.3) is 0 Å². The van der Waals surface area contributed by atoms with E-state index in [0.717, 1.165) is 22.4 Å². The van der Waals surface area contributed by atoms with Crippen LogP contribution >= 0.6 is 0 Å². The van der Waals surface area contributed by atoms with Crippen LogP contribution in [-0.4, -0.2) is 32.8 Å². The highest BCUT2D eigenvalue weighted by Gasteiger charge is 2.31. The van der Waals surface area contributed by atoms with E-state index in [1.807, 2.05) is 38.1 Å². The van der Waals surface area contributed by atoms with Gasteiger partial charge in [-0.3, -0.25) is 9.59 Å². The molecular formula is C22H27N3O4S. The van der Waals surface area contributed by atoms with E-state index in [0.29, 0.717) is 19.4 Å². The number of anilines is 1. The number of fused-ring (bicyclic) bond motifs is 1. The molecule has 0 bridgehead atoms. The largest absolute Gasteiger partial charge is 0.351 e. The fraction of sp³-hybridized carbons (Fsp3) is 0.364. The fourth-order valence-electron chi connectivity index (χ4n) is 3.54. The maximum Gasteiger partial charge on any atom is 0.241 e. The lowest BCUT2D eigenvalue weighted by atomic mass is 10.1. The second-order valence-electron chi connectivity index (χ2n) is 7.55. The minimum Gasteiger partial charge on any atom is -0.351 e. The normalized spacial score (nSPS) is 15.7. The van der Waals surface area contributed by atoms with E-state index in [1.165, 1.54) is 6.07 Å². The first-order valence-corrected chi connectivity index (χ1v) is 11.5. The van der Waals surface area contributed by atoms with Gasteiger partial charge in [0.05, 0.1) is 11.4 Å². The van der Waals surface area contributed by atoms with Crippen LogP contribution in [0, 0.1) is 6.92 Å². The fourth-order valence-corrected chi connectivity index (χ4v) is 4.57. The summed E-state index contributed by atoms with van der Waals surface area (Å²) in [6.07, 6.45) is 0.991. The molecule has 7 nitrogen and oxygen atoms in total. The zero-order valence-electron chi connectivity index (χ0n) is 17.4. The van der Waals surface area contributed by atoms with E-state index >= 15 is 0 Å². The van der Waals surface area contributed by atoms with Crippen molar-refractivity contribution in [2.45, 2.75) is 51.1 Å². The van der Waals surface area contributed by atoms with Crippen LogP contribution in [0.1, 0.15) is 37.0 Å². The molecule has 3 rings (SSSR count). The number of carbonyl (C=O) groups excluding carboxylic acids is 2. The van der Waals surface area contributed by atoms with Gasteiger partial charge in [-0.25, -0.2) is 13.1 Å². The molecule has 1 unspecified atom stereocenters. The maximum atomic E-state index is 12.6. The van der Waals surface area contributed by atoms with Crippen molar-refractivity contribution in [3.05, 3.63) is 59.2 Å². The molecule has 2 N–H and O–H groups in total. The smallest absolute Gasteiger partial charge is 0.241 e. The molecule has 8 heteroatoms. The second-order valence-corrected chi connectivity index (χ2v) is 9.31. The molecule has 160 valence electrons. The number of hydrogen-bond donors (Lipinski definition) is 2. The van der Waals surface area contributed by atoms with Crippen LogP contribution in [0.5, 0.6) is 0 Å². The maximum absolute atomic E-state index is 12.6. The van der Waals surface area contributed by atoms with E-state index in [2.05, 4.69) is 10.0 Å². The van der Waals surface area contributed by atoms with Gasteiger partial charge >= 0.3 is 0 Å². The monoisotopic (exact) mass is 429 g/mol. The Morgan fingerprint density at radius 2 is 1.83 bits per heavy atom. The Labute approximate surface area is 177 Å². The van der Waals surface area contributed by atoms with Gasteiger partial charge in [0.1, 0.15) is 0 Å². The molecule has 0 saturated heterocycles. The molecule has 0 saturated carbocycles. The molecule has 1 heterocycles. The number of nitrogens with one attached hydrogen (secondary N) is 2. The predicted molar refractivity (Wildman–Crippen MR) is 116 cm³/mol. The highest BCUT2D eigenvalue weighted by Crippen LogP contribution is 2.34. The summed E-state index contributed by atoms with van der Waals surface area (Å²) in [5, 5.41) is 2.70. The number of rotatable bonds is 7. The molecule has 2 amide bonds. The van der Waals surface area contributed by atoms with Crippen LogP contribution in [0.4, 0.5) is 5.69 Å². The summed E-state index contributed by atoms with van der Waals surface area (Å²) in [5.41, 5.74) is 3.64.